The fourth-order valence-electron chi connectivity index (χ4n) is 5.16. The number of ether oxygens (including phenoxy) is 4. The van der Waals surface area contributed by atoms with Crippen molar-refractivity contribution in [2.24, 2.45) is 0 Å². The summed E-state index contributed by atoms with van der Waals surface area (Å²) >= 11 is 0. The van der Waals surface area contributed by atoms with Gasteiger partial charge in [0.1, 0.15) is 18.4 Å². The number of carbonyl (C=O) groups excluding carboxylic acids is 2. The van der Waals surface area contributed by atoms with E-state index < -0.39 is 6.04 Å². The quantitative estimate of drug-likeness (QED) is 0.195. The van der Waals surface area contributed by atoms with Crippen LogP contribution in [0.25, 0.3) is 21.5 Å². The Morgan fingerprint density at radius 3 is 2.33 bits per heavy atom. The smallest absolute Gasteiger partial charge is 0.329 e. The minimum Gasteiger partial charge on any atom is -0.493 e. The van der Waals surface area contributed by atoms with Crippen LogP contribution in [-0.4, -0.2) is 43.1 Å². The molecule has 7 nitrogen and oxygen atoms in total. The van der Waals surface area contributed by atoms with Gasteiger partial charge in [-0.3, -0.25) is 4.79 Å². The summed E-state index contributed by atoms with van der Waals surface area (Å²) in [5, 5.41) is 3.84. The van der Waals surface area contributed by atoms with E-state index in [2.05, 4.69) is 6.07 Å². The van der Waals surface area contributed by atoms with Crippen molar-refractivity contribution in [3.63, 3.8) is 0 Å². The second-order valence-corrected chi connectivity index (χ2v) is 10.0. The molecule has 0 unspecified atom stereocenters. The molecule has 1 amide bonds. The van der Waals surface area contributed by atoms with Crippen LogP contribution >= 0.6 is 0 Å². The first-order valence-electron chi connectivity index (χ1n) is 13.2. The average Bonchev–Trinajstić information content (AvgIpc) is 3.31. The second kappa shape index (κ2) is 11.2. The standard InChI is InChI=1S/C32H33NO6/c1-20(2)39-32(35)28-12-13-31(34)33(28)18-23-14-22-10-11-24(38-19-21-8-6-5-7-9-21)15-25(22)27-17-30(37-4)29(36-3)16-26(23)27/h5-11,14-17,20,28H,12-13,18-19H2,1-4H3/t28-/m0/s1. The summed E-state index contributed by atoms with van der Waals surface area (Å²) in [6, 6.07) is 21.4. The lowest BCUT2D eigenvalue weighted by Crippen LogP contribution is -2.39. The zero-order valence-electron chi connectivity index (χ0n) is 22.7. The summed E-state index contributed by atoms with van der Waals surface area (Å²) in [4.78, 5) is 27.3. The average molecular weight is 528 g/mol. The molecule has 0 radical (unpaired) electrons. The summed E-state index contributed by atoms with van der Waals surface area (Å²) < 4.78 is 22.8. The highest BCUT2D eigenvalue weighted by atomic mass is 16.5. The van der Waals surface area contributed by atoms with Crippen molar-refractivity contribution >= 4 is 33.4 Å². The molecule has 1 atom stereocenters. The van der Waals surface area contributed by atoms with Crippen LogP contribution in [0.4, 0.5) is 0 Å². The number of hydrogen-bond acceptors (Lipinski definition) is 6. The van der Waals surface area contributed by atoms with Gasteiger partial charge in [-0.2, -0.15) is 0 Å². The van der Waals surface area contributed by atoms with Crippen molar-refractivity contribution in [3.05, 3.63) is 77.9 Å². The molecule has 0 N–H and O–H groups in total. The van der Waals surface area contributed by atoms with Gasteiger partial charge in [-0.25, -0.2) is 4.79 Å². The van der Waals surface area contributed by atoms with Crippen molar-refractivity contribution in [2.75, 3.05) is 14.2 Å². The lowest BCUT2D eigenvalue weighted by molar-refractivity contribution is -0.155. The van der Waals surface area contributed by atoms with Crippen LogP contribution in [0, 0.1) is 0 Å². The highest BCUT2D eigenvalue weighted by Gasteiger charge is 2.37. The molecule has 1 heterocycles. The topological polar surface area (TPSA) is 74.3 Å². The van der Waals surface area contributed by atoms with Gasteiger partial charge in [0.2, 0.25) is 5.91 Å². The van der Waals surface area contributed by atoms with Crippen molar-refractivity contribution in [1.29, 1.82) is 0 Å². The summed E-state index contributed by atoms with van der Waals surface area (Å²) in [6.07, 6.45) is 0.532. The van der Waals surface area contributed by atoms with E-state index in [0.29, 0.717) is 30.9 Å². The summed E-state index contributed by atoms with van der Waals surface area (Å²) in [7, 11) is 3.21. The van der Waals surface area contributed by atoms with Gasteiger partial charge in [0.25, 0.3) is 0 Å². The predicted octanol–water partition coefficient (Wildman–Crippen LogP) is 6.03. The molecule has 7 heteroatoms. The van der Waals surface area contributed by atoms with Gasteiger partial charge in [0.15, 0.2) is 11.5 Å². The van der Waals surface area contributed by atoms with E-state index in [1.165, 1.54) is 0 Å². The Bertz CT molecular complexity index is 1510. The number of hydrogen-bond donors (Lipinski definition) is 0. The second-order valence-electron chi connectivity index (χ2n) is 10.0. The first-order valence-corrected chi connectivity index (χ1v) is 13.2. The number of methoxy groups -OCH3 is 2. The number of likely N-dealkylation sites (tertiary alicyclic amines) is 1. The first kappa shape index (κ1) is 26.4. The van der Waals surface area contributed by atoms with Gasteiger partial charge in [-0.05, 0) is 83.3 Å². The Hall–Kier alpha value is -4.26. The van der Waals surface area contributed by atoms with Crippen LogP contribution in [0.15, 0.2) is 66.7 Å². The van der Waals surface area contributed by atoms with Crippen LogP contribution < -0.4 is 14.2 Å². The summed E-state index contributed by atoms with van der Waals surface area (Å²) in [5.41, 5.74) is 2.00. The minimum absolute atomic E-state index is 0.0564. The molecule has 1 fully saturated rings. The molecule has 0 aromatic heterocycles. The SMILES string of the molecule is COc1cc2c(CN3C(=O)CC[C@H]3C(=O)OC(C)C)cc3ccc(OCc4ccccc4)cc3c2cc1OC. The summed E-state index contributed by atoms with van der Waals surface area (Å²) in [6.45, 7) is 4.37. The molecule has 202 valence electrons. The van der Waals surface area contributed by atoms with E-state index in [1.807, 2.05) is 74.5 Å². The highest BCUT2D eigenvalue weighted by Crippen LogP contribution is 2.39. The van der Waals surface area contributed by atoms with Crippen LogP contribution in [0.3, 0.4) is 0 Å². The minimum atomic E-state index is -0.598. The van der Waals surface area contributed by atoms with Crippen LogP contribution in [0.5, 0.6) is 17.2 Å². The van der Waals surface area contributed by atoms with E-state index in [-0.39, 0.29) is 24.5 Å². The van der Waals surface area contributed by atoms with Gasteiger partial charge in [-0.1, -0.05) is 36.4 Å². The first-order chi connectivity index (χ1) is 18.9. The van der Waals surface area contributed by atoms with Crippen molar-refractivity contribution in [1.82, 2.24) is 4.90 Å². The van der Waals surface area contributed by atoms with E-state index in [1.54, 1.807) is 19.1 Å². The molecule has 4 aromatic rings. The molecule has 1 saturated heterocycles. The zero-order valence-corrected chi connectivity index (χ0v) is 22.7. The van der Waals surface area contributed by atoms with E-state index in [9.17, 15) is 9.59 Å². The maximum atomic E-state index is 12.9. The van der Waals surface area contributed by atoms with Crippen LogP contribution in [-0.2, 0) is 27.5 Å². The van der Waals surface area contributed by atoms with Gasteiger partial charge < -0.3 is 23.8 Å². The van der Waals surface area contributed by atoms with E-state index in [0.717, 1.165) is 38.4 Å². The normalized spacial score (nSPS) is 15.3. The van der Waals surface area contributed by atoms with Gasteiger partial charge in [0.05, 0.1) is 20.3 Å². The molecule has 5 rings (SSSR count). The highest BCUT2D eigenvalue weighted by molar-refractivity contribution is 6.10. The monoisotopic (exact) mass is 527 g/mol. The van der Waals surface area contributed by atoms with Crippen molar-refractivity contribution in [2.45, 2.75) is 52.0 Å². The number of rotatable bonds is 9. The van der Waals surface area contributed by atoms with Gasteiger partial charge in [-0.15, -0.1) is 0 Å². The Balaban J connectivity index is 1.57. The Morgan fingerprint density at radius 1 is 0.923 bits per heavy atom. The Labute approximate surface area is 228 Å². The number of amides is 1. The number of nitrogens with zero attached hydrogens (tertiary/aromatic N) is 1. The molecule has 0 aliphatic carbocycles. The third-order valence-corrected chi connectivity index (χ3v) is 7.06. The molecular formula is C32H33NO6. The fraction of sp³-hybridized carbons (Fsp3) is 0.312. The molecular weight excluding hydrogens is 494 g/mol. The van der Waals surface area contributed by atoms with E-state index in [4.69, 9.17) is 18.9 Å². The Morgan fingerprint density at radius 2 is 1.64 bits per heavy atom. The van der Waals surface area contributed by atoms with Crippen LogP contribution in [0.2, 0.25) is 0 Å². The molecule has 4 aromatic carbocycles. The van der Waals surface area contributed by atoms with Crippen LogP contribution in [0.1, 0.15) is 37.8 Å². The molecule has 0 spiro atoms. The van der Waals surface area contributed by atoms with Gasteiger partial charge in [0, 0.05) is 13.0 Å². The third-order valence-electron chi connectivity index (χ3n) is 7.06. The molecule has 39 heavy (non-hydrogen) atoms. The number of benzene rings is 4. The molecule has 0 bridgehead atoms. The lowest BCUT2D eigenvalue weighted by Gasteiger charge is -2.25. The summed E-state index contributed by atoms with van der Waals surface area (Å²) in [5.74, 6) is 1.53. The maximum Gasteiger partial charge on any atom is 0.329 e. The van der Waals surface area contributed by atoms with Gasteiger partial charge >= 0.3 is 5.97 Å². The van der Waals surface area contributed by atoms with E-state index >= 15 is 0 Å². The maximum absolute atomic E-state index is 12.9. The molecule has 0 saturated carbocycles. The van der Waals surface area contributed by atoms with Crippen molar-refractivity contribution < 1.29 is 28.5 Å². The number of esters is 1. The number of carbonyl (C=O) groups is 2. The Kier molecular flexibility index (Phi) is 7.59. The van der Waals surface area contributed by atoms with Crippen molar-refractivity contribution in [3.8, 4) is 17.2 Å². The molecule has 1 aliphatic heterocycles. The third kappa shape index (κ3) is 5.48. The zero-order chi connectivity index (χ0) is 27.5. The largest absolute Gasteiger partial charge is 0.493 e. The number of fused-ring (bicyclic) bond motifs is 3. The lowest BCUT2D eigenvalue weighted by atomic mass is 9.96. The fourth-order valence-corrected chi connectivity index (χ4v) is 5.16. The molecule has 1 aliphatic rings. The predicted molar refractivity (Wildman–Crippen MR) is 150 cm³/mol.